The predicted molar refractivity (Wildman–Crippen MR) is 186 cm³/mol. The zero-order chi connectivity index (χ0) is 33.2. The van der Waals surface area contributed by atoms with Crippen LogP contribution >= 0.6 is 11.6 Å². The Balaban J connectivity index is 1.09. The van der Waals surface area contributed by atoms with E-state index >= 15 is 0 Å². The molecule has 0 bridgehead atoms. The molecule has 7 rings (SSSR count). The van der Waals surface area contributed by atoms with E-state index in [0.29, 0.717) is 53.4 Å². The summed E-state index contributed by atoms with van der Waals surface area (Å²) in [6.07, 6.45) is 8.16. The molecule has 48 heavy (non-hydrogen) atoms. The van der Waals surface area contributed by atoms with E-state index in [1.807, 2.05) is 12.1 Å². The van der Waals surface area contributed by atoms with E-state index in [4.69, 9.17) is 21.2 Å². The van der Waals surface area contributed by atoms with E-state index in [2.05, 4.69) is 41.9 Å². The SMILES string of the molecule is C=CC(=O)Nc1cc(Nc2cc(N3OCC[C@@H]3c3cccc(F)c3Cl)ncn2)c(OC)cc1N1CCC(N2CCN(C3CC3)CC2)CC1. The Kier molecular flexibility index (Phi) is 9.67. The second kappa shape index (κ2) is 14.3. The molecule has 1 aliphatic carbocycles. The van der Waals surface area contributed by atoms with Gasteiger partial charge < -0.3 is 20.3 Å². The first-order valence-electron chi connectivity index (χ1n) is 16.8. The van der Waals surface area contributed by atoms with Gasteiger partial charge in [0.15, 0.2) is 5.82 Å². The average molecular weight is 677 g/mol. The average Bonchev–Trinajstić information content (AvgIpc) is 3.86. The Morgan fingerprint density at radius 3 is 2.42 bits per heavy atom. The number of carbonyl (C=O) groups is 1. The number of piperazine rings is 1. The van der Waals surface area contributed by atoms with Crippen LogP contribution in [-0.2, 0) is 9.63 Å². The minimum Gasteiger partial charge on any atom is -0.494 e. The van der Waals surface area contributed by atoms with Crippen molar-refractivity contribution in [1.29, 1.82) is 0 Å². The summed E-state index contributed by atoms with van der Waals surface area (Å²) in [5, 5.41) is 8.05. The number of ether oxygens (including phenoxy) is 1. The summed E-state index contributed by atoms with van der Waals surface area (Å²) in [6, 6.07) is 11.4. The van der Waals surface area contributed by atoms with Crippen LogP contribution in [0.1, 0.15) is 43.7 Å². The van der Waals surface area contributed by atoms with Crippen LogP contribution < -0.4 is 25.3 Å². The molecule has 1 amide bonds. The number of rotatable bonds is 10. The molecule has 3 saturated heterocycles. The van der Waals surface area contributed by atoms with Crippen molar-refractivity contribution in [1.82, 2.24) is 19.8 Å². The summed E-state index contributed by atoms with van der Waals surface area (Å²) < 4.78 is 20.1. The van der Waals surface area contributed by atoms with E-state index in [-0.39, 0.29) is 17.0 Å². The van der Waals surface area contributed by atoms with Gasteiger partial charge in [-0.2, -0.15) is 0 Å². The van der Waals surface area contributed by atoms with Crippen molar-refractivity contribution in [3.63, 3.8) is 0 Å². The van der Waals surface area contributed by atoms with Crippen LogP contribution in [0.4, 0.5) is 33.1 Å². The van der Waals surface area contributed by atoms with Gasteiger partial charge in [-0.1, -0.05) is 30.3 Å². The van der Waals surface area contributed by atoms with Crippen molar-refractivity contribution in [2.24, 2.45) is 0 Å². The van der Waals surface area contributed by atoms with Crippen LogP contribution in [0.3, 0.4) is 0 Å². The van der Waals surface area contributed by atoms with Crippen molar-refractivity contribution < 1.29 is 18.8 Å². The molecule has 2 aromatic carbocycles. The largest absolute Gasteiger partial charge is 0.494 e. The second-order valence-electron chi connectivity index (χ2n) is 12.8. The zero-order valence-electron chi connectivity index (χ0n) is 27.2. The number of nitrogens with one attached hydrogen (secondary N) is 2. The molecule has 254 valence electrons. The first kappa shape index (κ1) is 32.6. The van der Waals surface area contributed by atoms with Crippen molar-refractivity contribution in [3.05, 3.63) is 71.8 Å². The number of hydrogen-bond donors (Lipinski definition) is 2. The van der Waals surface area contributed by atoms with E-state index < -0.39 is 5.82 Å². The smallest absolute Gasteiger partial charge is 0.247 e. The van der Waals surface area contributed by atoms with Gasteiger partial charge in [0.05, 0.1) is 41.8 Å². The Morgan fingerprint density at radius 1 is 1.00 bits per heavy atom. The van der Waals surface area contributed by atoms with Crippen LogP contribution in [0.2, 0.25) is 5.02 Å². The van der Waals surface area contributed by atoms with Gasteiger partial charge in [-0.15, -0.1) is 0 Å². The van der Waals surface area contributed by atoms with Gasteiger partial charge in [-0.25, -0.2) is 19.4 Å². The molecular weight excluding hydrogens is 635 g/mol. The normalized spacial score (nSPS) is 20.9. The molecule has 4 heterocycles. The first-order valence-corrected chi connectivity index (χ1v) is 17.1. The minimum atomic E-state index is -0.479. The van der Waals surface area contributed by atoms with Crippen LogP contribution in [-0.4, -0.2) is 90.7 Å². The monoisotopic (exact) mass is 676 g/mol. The maximum absolute atomic E-state index is 14.3. The highest BCUT2D eigenvalue weighted by Crippen LogP contribution is 2.41. The summed E-state index contributed by atoms with van der Waals surface area (Å²) >= 11 is 6.33. The number of anilines is 5. The minimum absolute atomic E-state index is 0.0697. The third-order valence-electron chi connectivity index (χ3n) is 9.88. The number of amides is 1. The van der Waals surface area contributed by atoms with Gasteiger partial charge in [-0.3, -0.25) is 19.4 Å². The number of methoxy groups -OCH3 is 1. The van der Waals surface area contributed by atoms with Crippen molar-refractivity contribution in [2.45, 2.75) is 50.2 Å². The molecule has 1 atom stereocenters. The fourth-order valence-electron chi connectivity index (χ4n) is 7.19. The number of carbonyl (C=O) groups excluding carboxylic acids is 1. The van der Waals surface area contributed by atoms with Crippen molar-refractivity contribution >= 4 is 46.2 Å². The molecule has 13 heteroatoms. The number of hydroxylamine groups is 1. The highest BCUT2D eigenvalue weighted by Gasteiger charge is 2.35. The van der Waals surface area contributed by atoms with Crippen molar-refractivity contribution in [2.75, 3.05) is 73.6 Å². The van der Waals surface area contributed by atoms with E-state index in [1.165, 1.54) is 44.4 Å². The zero-order valence-corrected chi connectivity index (χ0v) is 28.0. The Hall–Kier alpha value is -3.97. The quantitative estimate of drug-likeness (QED) is 0.257. The van der Waals surface area contributed by atoms with Crippen molar-refractivity contribution in [3.8, 4) is 5.75 Å². The maximum atomic E-state index is 14.3. The number of halogens is 2. The third kappa shape index (κ3) is 6.93. The number of aromatic nitrogens is 2. The second-order valence-corrected chi connectivity index (χ2v) is 13.2. The Bertz CT molecular complexity index is 1640. The lowest BCUT2D eigenvalue weighted by Gasteiger charge is -2.43. The molecule has 4 aliphatic rings. The van der Waals surface area contributed by atoms with Gasteiger partial charge >= 0.3 is 0 Å². The Morgan fingerprint density at radius 2 is 1.73 bits per heavy atom. The van der Waals surface area contributed by atoms with E-state index in [9.17, 15) is 9.18 Å². The molecule has 3 aliphatic heterocycles. The fraction of sp³-hybridized carbons (Fsp3) is 0.457. The summed E-state index contributed by atoms with van der Waals surface area (Å²) in [7, 11) is 1.62. The van der Waals surface area contributed by atoms with Gasteiger partial charge in [0.2, 0.25) is 5.91 Å². The third-order valence-corrected chi connectivity index (χ3v) is 10.3. The van der Waals surface area contributed by atoms with Crippen LogP contribution in [0, 0.1) is 5.82 Å². The van der Waals surface area contributed by atoms with Crippen LogP contribution in [0.25, 0.3) is 0 Å². The van der Waals surface area contributed by atoms with Gasteiger partial charge in [0.25, 0.3) is 0 Å². The van der Waals surface area contributed by atoms with Crippen LogP contribution in [0.15, 0.2) is 55.4 Å². The summed E-state index contributed by atoms with van der Waals surface area (Å²) in [5.74, 6) is 0.792. The highest BCUT2D eigenvalue weighted by atomic mass is 35.5. The first-order chi connectivity index (χ1) is 23.4. The summed E-state index contributed by atoms with van der Waals surface area (Å²) in [4.78, 5) is 35.0. The molecule has 1 saturated carbocycles. The molecule has 0 unspecified atom stereocenters. The summed E-state index contributed by atoms with van der Waals surface area (Å²) in [5.41, 5.74) is 2.79. The molecule has 3 aromatic rings. The fourth-order valence-corrected chi connectivity index (χ4v) is 7.44. The lowest BCUT2D eigenvalue weighted by molar-refractivity contribution is -0.111. The van der Waals surface area contributed by atoms with Gasteiger partial charge in [0, 0.05) is 69.9 Å². The lowest BCUT2D eigenvalue weighted by atomic mass is 10.0. The summed E-state index contributed by atoms with van der Waals surface area (Å²) in [6.45, 7) is 10.5. The van der Waals surface area contributed by atoms with Crippen LogP contribution in [0.5, 0.6) is 5.75 Å². The number of nitrogens with zero attached hydrogens (tertiary/aromatic N) is 6. The molecule has 2 N–H and O–H groups in total. The maximum Gasteiger partial charge on any atom is 0.247 e. The Labute approximate surface area is 285 Å². The highest BCUT2D eigenvalue weighted by molar-refractivity contribution is 6.31. The molecular formula is C35H42ClFN8O3. The van der Waals surface area contributed by atoms with E-state index in [1.54, 1.807) is 30.4 Å². The molecule has 1 aromatic heterocycles. The molecule has 11 nitrogen and oxygen atoms in total. The molecule has 0 radical (unpaired) electrons. The lowest BCUT2D eigenvalue weighted by Crippen LogP contribution is -2.53. The number of piperidine rings is 1. The molecule has 4 fully saturated rings. The standard InChI is InChI=1S/C35H42ClFN8O3/c1-3-34(46)41-27-19-28(40-32-21-33(39-22-38-32)45-29(11-18-48-45)25-5-4-6-26(37)35(25)36)31(47-2)20-30(27)44-12-9-24(10-13-44)43-16-14-42(15-17-43)23-7-8-23/h3-6,19-24,29H,1,7-18H2,2H3,(H,41,46)(H,38,39,40)/t29-/m1/s1. The van der Waals surface area contributed by atoms with E-state index in [0.717, 1.165) is 50.7 Å². The van der Waals surface area contributed by atoms with Gasteiger partial charge in [0.1, 0.15) is 23.7 Å². The number of benzene rings is 2. The van der Waals surface area contributed by atoms with Gasteiger partial charge in [-0.05, 0) is 49.5 Å². The predicted octanol–water partition coefficient (Wildman–Crippen LogP) is 5.78. The topological polar surface area (TPSA) is 98.3 Å². The molecule has 0 spiro atoms. The number of hydrogen-bond acceptors (Lipinski definition) is 10.